The van der Waals surface area contributed by atoms with E-state index in [1.807, 2.05) is 6.07 Å². The molecular weight excluding hydrogens is 365 g/mol. The lowest BCUT2D eigenvalue weighted by atomic mass is 9.92. The summed E-state index contributed by atoms with van der Waals surface area (Å²) < 4.78 is 6.24. The summed E-state index contributed by atoms with van der Waals surface area (Å²) in [5.41, 5.74) is 1.94. The summed E-state index contributed by atoms with van der Waals surface area (Å²) in [6.45, 7) is 9.55. The number of aromatic nitrogens is 2. The van der Waals surface area contributed by atoms with Crippen molar-refractivity contribution in [2.45, 2.75) is 39.5 Å². The molecule has 0 atom stereocenters. The lowest BCUT2D eigenvalue weighted by molar-refractivity contribution is 0.561. The summed E-state index contributed by atoms with van der Waals surface area (Å²) in [4.78, 5) is 9.37. The van der Waals surface area contributed by atoms with Gasteiger partial charge in [-0.3, -0.25) is 0 Å². The molecule has 2 aromatic heterocycles. The number of hydrogen-bond acceptors (Lipinski definition) is 4. The van der Waals surface area contributed by atoms with Gasteiger partial charge in [-0.05, 0) is 35.1 Å². The van der Waals surface area contributed by atoms with Crippen molar-refractivity contribution in [3.05, 3.63) is 27.9 Å². The molecule has 0 fully saturated rings. The Morgan fingerprint density at radius 2 is 2.05 bits per heavy atom. The number of halogens is 1. The van der Waals surface area contributed by atoms with E-state index in [2.05, 4.69) is 60.6 Å². The van der Waals surface area contributed by atoms with Gasteiger partial charge in [0.25, 0.3) is 0 Å². The van der Waals surface area contributed by atoms with Crippen LogP contribution in [0.2, 0.25) is 0 Å². The molecule has 1 N–H and O–H groups in total. The Balaban J connectivity index is 2.54. The van der Waals surface area contributed by atoms with Crippen LogP contribution in [0, 0.1) is 3.57 Å². The largest absolute Gasteiger partial charge is 0.472 e. The molecule has 0 unspecified atom stereocenters. The van der Waals surface area contributed by atoms with Crippen molar-refractivity contribution < 1.29 is 4.42 Å². The number of hydrogen-bond donors (Lipinski definition) is 1. The Labute approximate surface area is 133 Å². The second-order valence-electron chi connectivity index (χ2n) is 5.75. The Hall–Kier alpha value is -1.11. The highest BCUT2D eigenvalue weighted by Gasteiger charge is 2.23. The highest BCUT2D eigenvalue weighted by Crippen LogP contribution is 2.31. The lowest BCUT2D eigenvalue weighted by Gasteiger charge is -2.22. The third-order valence-electron chi connectivity index (χ3n) is 2.88. The fraction of sp³-hybridized carbons (Fsp3) is 0.467. The first-order valence-corrected chi connectivity index (χ1v) is 7.85. The fourth-order valence-corrected chi connectivity index (χ4v) is 3.07. The molecule has 0 amide bonds. The van der Waals surface area contributed by atoms with Gasteiger partial charge in [0.05, 0.1) is 21.1 Å². The molecule has 0 spiro atoms. The zero-order chi connectivity index (χ0) is 14.8. The van der Waals surface area contributed by atoms with E-state index in [-0.39, 0.29) is 5.41 Å². The average Bonchev–Trinajstić information content (AvgIpc) is 2.90. The van der Waals surface area contributed by atoms with E-state index in [0.717, 1.165) is 33.6 Å². The van der Waals surface area contributed by atoms with E-state index in [9.17, 15) is 0 Å². The van der Waals surface area contributed by atoms with Gasteiger partial charge in [-0.1, -0.05) is 27.7 Å². The number of nitrogens with one attached hydrogen (secondary N) is 1. The summed E-state index contributed by atoms with van der Waals surface area (Å²) in [6.07, 6.45) is 4.39. The molecule has 0 saturated heterocycles. The van der Waals surface area contributed by atoms with Crippen LogP contribution >= 0.6 is 22.6 Å². The van der Waals surface area contributed by atoms with Gasteiger partial charge in [0, 0.05) is 12.0 Å². The minimum Gasteiger partial charge on any atom is -0.472 e. The molecule has 0 bridgehead atoms. The predicted molar refractivity (Wildman–Crippen MR) is 89.9 cm³/mol. The van der Waals surface area contributed by atoms with Crippen LogP contribution in [0.4, 0.5) is 5.82 Å². The van der Waals surface area contributed by atoms with E-state index < -0.39 is 0 Å². The highest BCUT2D eigenvalue weighted by molar-refractivity contribution is 14.1. The molecule has 108 valence electrons. The molecule has 0 aliphatic carbocycles. The topological polar surface area (TPSA) is 51.0 Å². The van der Waals surface area contributed by atoms with Gasteiger partial charge < -0.3 is 9.73 Å². The summed E-state index contributed by atoms with van der Waals surface area (Å²) in [5, 5.41) is 3.39. The van der Waals surface area contributed by atoms with Gasteiger partial charge in [-0.15, -0.1) is 0 Å². The molecule has 0 saturated carbocycles. The van der Waals surface area contributed by atoms with Crippen molar-refractivity contribution >= 4 is 28.4 Å². The SMILES string of the molecule is CCCNc1nc(-c2ccoc2)nc(C(C)(C)C)c1I. The van der Waals surface area contributed by atoms with Crippen LogP contribution in [-0.2, 0) is 5.41 Å². The molecule has 4 nitrogen and oxygen atoms in total. The predicted octanol–water partition coefficient (Wildman–Crippen LogP) is 4.46. The minimum absolute atomic E-state index is 0.0272. The van der Waals surface area contributed by atoms with Gasteiger partial charge in [0.1, 0.15) is 12.1 Å². The van der Waals surface area contributed by atoms with Crippen LogP contribution in [0.1, 0.15) is 39.8 Å². The molecule has 0 aromatic carbocycles. The van der Waals surface area contributed by atoms with Crippen molar-refractivity contribution in [3.63, 3.8) is 0 Å². The Kier molecular flexibility index (Phi) is 4.67. The van der Waals surface area contributed by atoms with Gasteiger partial charge in [0.2, 0.25) is 0 Å². The Morgan fingerprint density at radius 1 is 1.30 bits per heavy atom. The molecule has 20 heavy (non-hydrogen) atoms. The van der Waals surface area contributed by atoms with Crippen LogP contribution in [0.25, 0.3) is 11.4 Å². The van der Waals surface area contributed by atoms with Crippen LogP contribution in [0.5, 0.6) is 0 Å². The Morgan fingerprint density at radius 3 is 2.60 bits per heavy atom. The summed E-state index contributed by atoms with van der Waals surface area (Å²) in [6, 6.07) is 1.89. The Bertz CT molecular complexity index is 574. The number of furan rings is 1. The maximum absolute atomic E-state index is 5.14. The van der Waals surface area contributed by atoms with Gasteiger partial charge in [0.15, 0.2) is 5.82 Å². The maximum atomic E-state index is 5.14. The van der Waals surface area contributed by atoms with Crippen LogP contribution in [0.15, 0.2) is 23.0 Å². The van der Waals surface area contributed by atoms with E-state index in [0.29, 0.717) is 5.82 Å². The zero-order valence-electron chi connectivity index (χ0n) is 12.3. The maximum Gasteiger partial charge on any atom is 0.165 e. The first kappa shape index (κ1) is 15.3. The smallest absolute Gasteiger partial charge is 0.165 e. The lowest BCUT2D eigenvalue weighted by Crippen LogP contribution is -2.19. The van der Waals surface area contributed by atoms with Crippen molar-refractivity contribution in [2.24, 2.45) is 0 Å². The standard InChI is InChI=1S/C15H20IN3O/c1-5-7-17-14-11(16)12(15(2,3)4)18-13(19-14)10-6-8-20-9-10/h6,8-9H,5,7H2,1-4H3,(H,17,18,19). The third kappa shape index (κ3) is 3.31. The third-order valence-corrected chi connectivity index (χ3v) is 3.91. The second-order valence-corrected chi connectivity index (χ2v) is 6.83. The number of nitrogens with zero attached hydrogens (tertiary/aromatic N) is 2. The fourth-order valence-electron chi connectivity index (χ4n) is 1.83. The van der Waals surface area contributed by atoms with Gasteiger partial charge in [-0.2, -0.15) is 0 Å². The average molecular weight is 385 g/mol. The van der Waals surface area contributed by atoms with E-state index in [4.69, 9.17) is 9.40 Å². The molecule has 0 aliphatic rings. The van der Waals surface area contributed by atoms with Crippen molar-refractivity contribution in [2.75, 3.05) is 11.9 Å². The zero-order valence-corrected chi connectivity index (χ0v) is 14.5. The van der Waals surface area contributed by atoms with Crippen molar-refractivity contribution in [3.8, 4) is 11.4 Å². The quantitative estimate of drug-likeness (QED) is 0.790. The normalized spacial score (nSPS) is 11.7. The number of rotatable bonds is 4. The van der Waals surface area contributed by atoms with E-state index in [1.54, 1.807) is 12.5 Å². The summed E-state index contributed by atoms with van der Waals surface area (Å²) in [7, 11) is 0. The summed E-state index contributed by atoms with van der Waals surface area (Å²) >= 11 is 2.33. The second kappa shape index (κ2) is 6.11. The molecule has 5 heteroatoms. The van der Waals surface area contributed by atoms with Crippen LogP contribution < -0.4 is 5.32 Å². The van der Waals surface area contributed by atoms with Gasteiger partial charge >= 0.3 is 0 Å². The minimum atomic E-state index is -0.0272. The molecular formula is C15H20IN3O. The van der Waals surface area contributed by atoms with Crippen molar-refractivity contribution in [1.82, 2.24) is 9.97 Å². The van der Waals surface area contributed by atoms with E-state index in [1.165, 1.54) is 0 Å². The summed E-state index contributed by atoms with van der Waals surface area (Å²) in [5.74, 6) is 1.62. The highest BCUT2D eigenvalue weighted by atomic mass is 127. The molecule has 0 aliphatic heterocycles. The van der Waals surface area contributed by atoms with E-state index >= 15 is 0 Å². The van der Waals surface area contributed by atoms with Crippen LogP contribution in [-0.4, -0.2) is 16.5 Å². The van der Waals surface area contributed by atoms with Crippen molar-refractivity contribution in [1.29, 1.82) is 0 Å². The first-order valence-electron chi connectivity index (χ1n) is 6.78. The van der Waals surface area contributed by atoms with Crippen LogP contribution in [0.3, 0.4) is 0 Å². The molecule has 2 rings (SSSR count). The molecule has 2 aromatic rings. The first-order chi connectivity index (χ1) is 9.43. The number of anilines is 1. The monoisotopic (exact) mass is 385 g/mol. The molecule has 2 heterocycles. The molecule has 0 radical (unpaired) electrons. The van der Waals surface area contributed by atoms with Gasteiger partial charge in [-0.25, -0.2) is 9.97 Å².